The van der Waals surface area contributed by atoms with Crippen molar-refractivity contribution in [2.24, 2.45) is 0 Å². The summed E-state index contributed by atoms with van der Waals surface area (Å²) in [6, 6.07) is 5.28. The Bertz CT molecular complexity index is 544. The SMILES string of the molecule is Cc1cc(Cl)ccc1C(=O)N1CCCCC1CCC(=O)O. The first-order chi connectivity index (χ1) is 9.99. The minimum absolute atomic E-state index is 0.0146. The van der Waals surface area contributed by atoms with Gasteiger partial charge in [-0.15, -0.1) is 0 Å². The summed E-state index contributed by atoms with van der Waals surface area (Å²) in [5.41, 5.74) is 1.51. The summed E-state index contributed by atoms with van der Waals surface area (Å²) in [5, 5.41) is 9.46. The lowest BCUT2D eigenvalue weighted by Gasteiger charge is -2.36. The van der Waals surface area contributed by atoms with Crippen LogP contribution in [0.1, 0.15) is 48.0 Å². The molecule has 1 fully saturated rings. The van der Waals surface area contributed by atoms with Gasteiger partial charge in [0.25, 0.3) is 5.91 Å². The molecule has 4 nitrogen and oxygen atoms in total. The van der Waals surface area contributed by atoms with E-state index < -0.39 is 5.97 Å². The Labute approximate surface area is 129 Å². The van der Waals surface area contributed by atoms with Crippen molar-refractivity contribution >= 4 is 23.5 Å². The molecule has 0 spiro atoms. The summed E-state index contributed by atoms with van der Waals surface area (Å²) in [4.78, 5) is 25.3. The number of benzene rings is 1. The lowest BCUT2D eigenvalue weighted by molar-refractivity contribution is -0.137. The molecule has 1 atom stereocenters. The van der Waals surface area contributed by atoms with E-state index in [9.17, 15) is 9.59 Å². The van der Waals surface area contributed by atoms with E-state index in [0.29, 0.717) is 23.6 Å². The minimum Gasteiger partial charge on any atom is -0.481 e. The van der Waals surface area contributed by atoms with Crippen LogP contribution < -0.4 is 0 Å². The van der Waals surface area contributed by atoms with Gasteiger partial charge in [0, 0.05) is 29.6 Å². The van der Waals surface area contributed by atoms with Gasteiger partial charge in [0.1, 0.15) is 0 Å². The van der Waals surface area contributed by atoms with Crippen LogP contribution in [0.4, 0.5) is 0 Å². The summed E-state index contributed by atoms with van der Waals surface area (Å²) < 4.78 is 0. The van der Waals surface area contributed by atoms with Crippen molar-refractivity contribution in [3.8, 4) is 0 Å². The zero-order chi connectivity index (χ0) is 15.4. The van der Waals surface area contributed by atoms with E-state index in [0.717, 1.165) is 24.8 Å². The molecule has 0 aromatic heterocycles. The Hall–Kier alpha value is -1.55. The largest absolute Gasteiger partial charge is 0.481 e. The zero-order valence-electron chi connectivity index (χ0n) is 12.1. The number of likely N-dealkylation sites (tertiary alicyclic amines) is 1. The third-order valence-electron chi connectivity index (χ3n) is 4.00. The molecule has 1 aromatic rings. The van der Waals surface area contributed by atoms with Crippen LogP contribution in [0.25, 0.3) is 0 Å². The number of piperidine rings is 1. The van der Waals surface area contributed by atoms with Gasteiger partial charge in [0.15, 0.2) is 0 Å². The second kappa shape index (κ2) is 6.94. The molecule has 114 valence electrons. The second-order valence-corrected chi connectivity index (χ2v) is 5.98. The molecule has 1 aliphatic rings. The van der Waals surface area contributed by atoms with E-state index >= 15 is 0 Å². The van der Waals surface area contributed by atoms with Crippen LogP contribution in [0.5, 0.6) is 0 Å². The molecule has 1 amide bonds. The third-order valence-corrected chi connectivity index (χ3v) is 4.23. The highest BCUT2D eigenvalue weighted by atomic mass is 35.5. The molecule has 1 N–H and O–H groups in total. The summed E-state index contributed by atoms with van der Waals surface area (Å²) in [5.74, 6) is -0.824. The molecule has 0 radical (unpaired) electrons. The van der Waals surface area contributed by atoms with Crippen molar-refractivity contribution in [3.05, 3.63) is 34.3 Å². The minimum atomic E-state index is -0.810. The molecule has 5 heteroatoms. The van der Waals surface area contributed by atoms with E-state index in [-0.39, 0.29) is 18.4 Å². The van der Waals surface area contributed by atoms with Crippen molar-refractivity contribution in [2.75, 3.05) is 6.54 Å². The van der Waals surface area contributed by atoms with E-state index in [1.807, 2.05) is 11.8 Å². The first-order valence-electron chi connectivity index (χ1n) is 7.28. The number of carbonyl (C=O) groups is 2. The van der Waals surface area contributed by atoms with Crippen molar-refractivity contribution in [1.82, 2.24) is 4.90 Å². The Morgan fingerprint density at radius 3 is 2.81 bits per heavy atom. The van der Waals surface area contributed by atoms with Crippen LogP contribution in [0.2, 0.25) is 5.02 Å². The van der Waals surface area contributed by atoms with Gasteiger partial charge in [-0.1, -0.05) is 11.6 Å². The highest BCUT2D eigenvalue weighted by Crippen LogP contribution is 2.25. The van der Waals surface area contributed by atoms with Crippen molar-refractivity contribution in [1.29, 1.82) is 0 Å². The fraction of sp³-hybridized carbons (Fsp3) is 0.500. The number of carbonyl (C=O) groups excluding carboxylic acids is 1. The van der Waals surface area contributed by atoms with E-state index in [4.69, 9.17) is 16.7 Å². The fourth-order valence-electron chi connectivity index (χ4n) is 2.88. The van der Waals surface area contributed by atoms with Crippen LogP contribution in [0.15, 0.2) is 18.2 Å². The van der Waals surface area contributed by atoms with Crippen molar-refractivity contribution in [3.63, 3.8) is 0 Å². The maximum absolute atomic E-state index is 12.7. The molecule has 0 saturated carbocycles. The number of aryl methyl sites for hydroxylation is 1. The summed E-state index contributed by atoms with van der Waals surface area (Å²) >= 11 is 5.93. The number of carboxylic acid groups (broad SMARTS) is 1. The normalized spacial score (nSPS) is 18.6. The van der Waals surface area contributed by atoms with E-state index in [2.05, 4.69) is 0 Å². The average molecular weight is 310 g/mol. The average Bonchev–Trinajstić information content (AvgIpc) is 2.45. The quantitative estimate of drug-likeness (QED) is 0.926. The molecule has 1 saturated heterocycles. The topological polar surface area (TPSA) is 57.6 Å². The maximum Gasteiger partial charge on any atom is 0.303 e. The maximum atomic E-state index is 12.7. The van der Waals surface area contributed by atoms with Gasteiger partial charge in [0.2, 0.25) is 0 Å². The number of halogens is 1. The van der Waals surface area contributed by atoms with Crippen LogP contribution >= 0.6 is 11.6 Å². The molecule has 0 aliphatic carbocycles. The standard InChI is InChI=1S/C16H20ClNO3/c1-11-10-12(17)5-7-14(11)16(21)18-9-3-2-4-13(18)6-8-15(19)20/h5,7,10,13H,2-4,6,8-9H2,1H3,(H,19,20). The molecule has 1 aromatic carbocycles. The number of rotatable bonds is 4. The van der Waals surface area contributed by atoms with Gasteiger partial charge in [-0.05, 0) is 56.4 Å². The van der Waals surface area contributed by atoms with Gasteiger partial charge >= 0.3 is 5.97 Å². The predicted octanol–water partition coefficient (Wildman–Crippen LogP) is 3.51. The molecule has 2 rings (SSSR count). The molecule has 0 bridgehead atoms. The summed E-state index contributed by atoms with van der Waals surface area (Å²) in [7, 11) is 0. The smallest absolute Gasteiger partial charge is 0.303 e. The third kappa shape index (κ3) is 3.97. The molecule has 1 unspecified atom stereocenters. The summed E-state index contributed by atoms with van der Waals surface area (Å²) in [6.45, 7) is 2.57. The van der Waals surface area contributed by atoms with Crippen LogP contribution in [-0.4, -0.2) is 34.5 Å². The van der Waals surface area contributed by atoms with Crippen LogP contribution in [0.3, 0.4) is 0 Å². The van der Waals surface area contributed by atoms with Crippen molar-refractivity contribution < 1.29 is 14.7 Å². The Balaban J connectivity index is 2.16. The molecular formula is C16H20ClNO3. The fourth-order valence-corrected chi connectivity index (χ4v) is 3.11. The van der Waals surface area contributed by atoms with E-state index in [1.165, 1.54) is 0 Å². The Morgan fingerprint density at radius 2 is 2.14 bits per heavy atom. The Kier molecular flexibility index (Phi) is 5.23. The first-order valence-corrected chi connectivity index (χ1v) is 7.65. The molecule has 21 heavy (non-hydrogen) atoms. The molecular weight excluding hydrogens is 290 g/mol. The van der Waals surface area contributed by atoms with Gasteiger partial charge < -0.3 is 10.0 Å². The van der Waals surface area contributed by atoms with Gasteiger partial charge in [-0.2, -0.15) is 0 Å². The number of hydrogen-bond acceptors (Lipinski definition) is 2. The number of carboxylic acids is 1. The summed E-state index contributed by atoms with van der Waals surface area (Å²) in [6.07, 6.45) is 3.53. The monoisotopic (exact) mass is 309 g/mol. The van der Waals surface area contributed by atoms with Crippen LogP contribution in [-0.2, 0) is 4.79 Å². The number of aliphatic carboxylic acids is 1. The van der Waals surface area contributed by atoms with Gasteiger partial charge in [-0.3, -0.25) is 9.59 Å². The number of nitrogens with zero attached hydrogens (tertiary/aromatic N) is 1. The van der Waals surface area contributed by atoms with Gasteiger partial charge in [0.05, 0.1) is 0 Å². The number of hydrogen-bond donors (Lipinski definition) is 1. The first kappa shape index (κ1) is 15.8. The molecule has 1 heterocycles. The van der Waals surface area contributed by atoms with Gasteiger partial charge in [-0.25, -0.2) is 0 Å². The Morgan fingerprint density at radius 1 is 1.38 bits per heavy atom. The van der Waals surface area contributed by atoms with Crippen molar-refractivity contribution in [2.45, 2.75) is 45.1 Å². The van der Waals surface area contributed by atoms with Crippen LogP contribution in [0, 0.1) is 6.92 Å². The lowest BCUT2D eigenvalue weighted by atomic mass is 9.96. The second-order valence-electron chi connectivity index (χ2n) is 5.54. The predicted molar refractivity (Wildman–Crippen MR) is 81.7 cm³/mol. The highest BCUT2D eigenvalue weighted by Gasteiger charge is 2.28. The lowest BCUT2D eigenvalue weighted by Crippen LogP contribution is -2.44. The zero-order valence-corrected chi connectivity index (χ0v) is 12.9. The molecule has 1 aliphatic heterocycles. The van der Waals surface area contributed by atoms with E-state index in [1.54, 1.807) is 18.2 Å². The highest BCUT2D eigenvalue weighted by molar-refractivity contribution is 6.30. The number of amides is 1.